The molecule has 0 aromatic heterocycles. The number of hydrogen-bond acceptors (Lipinski definition) is 4. The van der Waals surface area contributed by atoms with E-state index in [0.29, 0.717) is 17.1 Å². The zero-order valence-electron chi connectivity index (χ0n) is 13.6. The Hall–Kier alpha value is -2.12. The van der Waals surface area contributed by atoms with Gasteiger partial charge in [0, 0.05) is 29.3 Å². The summed E-state index contributed by atoms with van der Waals surface area (Å²) in [4.78, 5) is 38.1. The van der Waals surface area contributed by atoms with Gasteiger partial charge in [-0.3, -0.25) is 14.4 Å². The molecule has 8 heteroatoms. The van der Waals surface area contributed by atoms with Crippen molar-refractivity contribution in [1.29, 1.82) is 0 Å². The Morgan fingerprint density at radius 3 is 2.67 bits per heavy atom. The van der Waals surface area contributed by atoms with Crippen molar-refractivity contribution in [2.75, 3.05) is 11.9 Å². The van der Waals surface area contributed by atoms with E-state index in [-0.39, 0.29) is 24.5 Å². The second-order valence-corrected chi connectivity index (χ2v) is 6.53. The van der Waals surface area contributed by atoms with E-state index in [1.54, 1.807) is 18.2 Å². The Balaban J connectivity index is 2.08. The summed E-state index contributed by atoms with van der Waals surface area (Å²) in [7, 11) is 0. The number of nitrogens with two attached hydrogens (primary N) is 1. The topological polar surface area (TPSA) is 105 Å². The first-order valence-corrected chi connectivity index (χ1v) is 8.09. The van der Waals surface area contributed by atoms with Crippen LogP contribution in [0.3, 0.4) is 0 Å². The van der Waals surface area contributed by atoms with E-state index in [2.05, 4.69) is 10.6 Å². The Labute approximate surface area is 145 Å². The van der Waals surface area contributed by atoms with Gasteiger partial charge in [-0.25, -0.2) is 0 Å². The smallest absolute Gasteiger partial charge is 0.313 e. The highest BCUT2D eigenvalue weighted by atomic mass is 35.5. The molecule has 2 rings (SSSR count). The van der Waals surface area contributed by atoms with Crippen LogP contribution in [0.4, 0.5) is 5.69 Å². The van der Waals surface area contributed by atoms with E-state index in [1.165, 1.54) is 11.0 Å². The van der Waals surface area contributed by atoms with Gasteiger partial charge in [0.1, 0.15) is 6.04 Å². The molecule has 1 aliphatic rings. The summed E-state index contributed by atoms with van der Waals surface area (Å²) >= 11 is 5.85. The number of anilines is 1. The van der Waals surface area contributed by atoms with E-state index in [9.17, 15) is 14.4 Å². The number of nitrogens with one attached hydrogen (secondary N) is 2. The van der Waals surface area contributed by atoms with Crippen LogP contribution in [0.25, 0.3) is 0 Å². The zero-order chi connectivity index (χ0) is 17.9. The van der Waals surface area contributed by atoms with Crippen LogP contribution in [0.15, 0.2) is 24.3 Å². The number of carbonyl (C=O) groups is 3. The maximum absolute atomic E-state index is 12.4. The molecule has 4 N–H and O–H groups in total. The molecule has 0 spiro atoms. The molecule has 7 nitrogen and oxygen atoms in total. The largest absolute Gasteiger partial charge is 0.352 e. The molecule has 24 heavy (non-hydrogen) atoms. The lowest BCUT2D eigenvalue weighted by Gasteiger charge is -2.24. The van der Waals surface area contributed by atoms with Crippen molar-refractivity contribution in [3.63, 3.8) is 0 Å². The Bertz CT molecular complexity index is 650. The summed E-state index contributed by atoms with van der Waals surface area (Å²) in [5, 5.41) is 5.68. The summed E-state index contributed by atoms with van der Waals surface area (Å²) in [6.45, 7) is 3.81. The molecule has 0 bridgehead atoms. The minimum absolute atomic E-state index is 0.0634. The molecule has 1 aromatic rings. The van der Waals surface area contributed by atoms with Crippen molar-refractivity contribution in [3.05, 3.63) is 29.3 Å². The lowest BCUT2D eigenvalue weighted by molar-refractivity contribution is -0.146. The predicted molar refractivity (Wildman–Crippen MR) is 91.5 cm³/mol. The first-order valence-electron chi connectivity index (χ1n) is 7.71. The fraction of sp³-hybridized carbons (Fsp3) is 0.438. The third kappa shape index (κ3) is 4.46. The second kappa shape index (κ2) is 7.63. The summed E-state index contributed by atoms with van der Waals surface area (Å²) in [5.74, 6) is -1.91. The number of carbonyl (C=O) groups excluding carboxylic acids is 3. The summed E-state index contributed by atoms with van der Waals surface area (Å²) in [6, 6.07) is 5.33. The molecule has 1 saturated heterocycles. The van der Waals surface area contributed by atoms with Gasteiger partial charge in [-0.1, -0.05) is 17.7 Å². The van der Waals surface area contributed by atoms with Crippen LogP contribution < -0.4 is 16.4 Å². The molecule has 1 heterocycles. The Morgan fingerprint density at radius 1 is 1.33 bits per heavy atom. The van der Waals surface area contributed by atoms with Crippen molar-refractivity contribution in [2.45, 2.75) is 38.4 Å². The maximum atomic E-state index is 12.4. The minimum Gasteiger partial charge on any atom is -0.352 e. The van der Waals surface area contributed by atoms with Crippen molar-refractivity contribution < 1.29 is 14.4 Å². The van der Waals surface area contributed by atoms with E-state index in [1.807, 2.05) is 13.8 Å². The third-order valence-corrected chi connectivity index (χ3v) is 3.84. The SMILES string of the molecule is CC(C)NC(=O)[C@@H]1C[C@H](N)CN1C(=O)C(=O)Nc1cccc(Cl)c1. The summed E-state index contributed by atoms with van der Waals surface area (Å²) in [5.41, 5.74) is 6.28. The molecule has 2 atom stereocenters. The Kier molecular flexibility index (Phi) is 5.80. The number of halogens is 1. The molecule has 3 amide bonds. The molecule has 1 aliphatic heterocycles. The summed E-state index contributed by atoms with van der Waals surface area (Å²) < 4.78 is 0. The number of likely N-dealkylation sites (tertiary alicyclic amines) is 1. The molecule has 1 aromatic carbocycles. The van der Waals surface area contributed by atoms with Crippen LogP contribution in [0, 0.1) is 0 Å². The van der Waals surface area contributed by atoms with Gasteiger partial charge in [0.25, 0.3) is 0 Å². The first-order chi connectivity index (χ1) is 11.3. The average Bonchev–Trinajstić information content (AvgIpc) is 2.87. The first kappa shape index (κ1) is 18.2. The van der Waals surface area contributed by atoms with Gasteiger partial charge in [0.15, 0.2) is 0 Å². The maximum Gasteiger partial charge on any atom is 0.313 e. The van der Waals surface area contributed by atoms with Crippen molar-refractivity contribution >= 4 is 35.0 Å². The molecule has 0 saturated carbocycles. The lowest BCUT2D eigenvalue weighted by atomic mass is 10.1. The van der Waals surface area contributed by atoms with Gasteiger partial charge < -0.3 is 21.3 Å². The lowest BCUT2D eigenvalue weighted by Crippen LogP contribution is -2.50. The number of amides is 3. The van der Waals surface area contributed by atoms with Gasteiger partial charge >= 0.3 is 11.8 Å². The van der Waals surface area contributed by atoms with E-state index in [4.69, 9.17) is 17.3 Å². The van der Waals surface area contributed by atoms with Gasteiger partial charge in [-0.15, -0.1) is 0 Å². The van der Waals surface area contributed by atoms with Gasteiger partial charge in [-0.05, 0) is 38.5 Å². The predicted octanol–water partition coefficient (Wildman–Crippen LogP) is 0.731. The summed E-state index contributed by atoms with van der Waals surface area (Å²) in [6.07, 6.45) is 0.328. The van der Waals surface area contributed by atoms with E-state index >= 15 is 0 Å². The van der Waals surface area contributed by atoms with E-state index in [0.717, 1.165) is 0 Å². The molecule has 130 valence electrons. The fourth-order valence-corrected chi connectivity index (χ4v) is 2.79. The number of rotatable bonds is 3. The van der Waals surface area contributed by atoms with Crippen molar-refractivity contribution in [1.82, 2.24) is 10.2 Å². The highest BCUT2D eigenvalue weighted by Gasteiger charge is 2.40. The van der Waals surface area contributed by atoms with Crippen LogP contribution in [-0.4, -0.2) is 47.3 Å². The molecular formula is C16H21ClN4O3. The van der Waals surface area contributed by atoms with Crippen LogP contribution in [-0.2, 0) is 14.4 Å². The van der Waals surface area contributed by atoms with Gasteiger partial charge in [-0.2, -0.15) is 0 Å². The highest BCUT2D eigenvalue weighted by molar-refractivity contribution is 6.40. The van der Waals surface area contributed by atoms with Crippen LogP contribution in [0.2, 0.25) is 5.02 Å². The van der Waals surface area contributed by atoms with Gasteiger partial charge in [0.2, 0.25) is 5.91 Å². The van der Waals surface area contributed by atoms with E-state index < -0.39 is 17.9 Å². The molecule has 0 aliphatic carbocycles. The second-order valence-electron chi connectivity index (χ2n) is 6.10. The molecule has 1 fully saturated rings. The monoisotopic (exact) mass is 352 g/mol. The van der Waals surface area contributed by atoms with Crippen molar-refractivity contribution in [3.8, 4) is 0 Å². The van der Waals surface area contributed by atoms with Crippen LogP contribution >= 0.6 is 11.6 Å². The molecule has 0 unspecified atom stereocenters. The average molecular weight is 353 g/mol. The number of benzene rings is 1. The number of nitrogens with zero attached hydrogens (tertiary/aromatic N) is 1. The molecule has 0 radical (unpaired) electrons. The highest BCUT2D eigenvalue weighted by Crippen LogP contribution is 2.19. The van der Waals surface area contributed by atoms with Crippen molar-refractivity contribution in [2.24, 2.45) is 5.73 Å². The van der Waals surface area contributed by atoms with Gasteiger partial charge in [0.05, 0.1) is 0 Å². The normalized spacial score (nSPS) is 20.1. The standard InChI is InChI=1S/C16H21ClN4O3/c1-9(2)19-14(22)13-7-11(18)8-21(13)16(24)15(23)20-12-5-3-4-10(17)6-12/h3-6,9,11,13H,7-8,18H2,1-2H3,(H,19,22)(H,20,23)/t11-,13-/m0/s1. The third-order valence-electron chi connectivity index (χ3n) is 3.60. The quantitative estimate of drug-likeness (QED) is 0.697. The minimum atomic E-state index is -0.825. The zero-order valence-corrected chi connectivity index (χ0v) is 14.3. The number of hydrogen-bond donors (Lipinski definition) is 3. The van der Waals surface area contributed by atoms with Crippen LogP contribution in [0.5, 0.6) is 0 Å². The fourth-order valence-electron chi connectivity index (χ4n) is 2.60. The molecular weight excluding hydrogens is 332 g/mol. The Morgan fingerprint density at radius 2 is 2.04 bits per heavy atom. The van der Waals surface area contributed by atoms with Crippen LogP contribution in [0.1, 0.15) is 20.3 Å².